The van der Waals surface area contributed by atoms with Crippen LogP contribution >= 0.6 is 0 Å². The van der Waals surface area contributed by atoms with E-state index < -0.39 is 0 Å². The molecule has 7 heteroatoms. The van der Waals surface area contributed by atoms with Crippen molar-refractivity contribution in [2.24, 2.45) is 9.98 Å². The summed E-state index contributed by atoms with van der Waals surface area (Å²) in [7, 11) is 0. The van der Waals surface area contributed by atoms with Crippen molar-refractivity contribution in [2.45, 2.75) is 253 Å². The summed E-state index contributed by atoms with van der Waals surface area (Å²) in [6, 6.07) is 1.95. The summed E-state index contributed by atoms with van der Waals surface area (Å²) >= 11 is 0. The largest absolute Gasteiger partial charge is 0.871 e. The highest BCUT2D eigenvalue weighted by atomic mass is 16.3. The van der Waals surface area contributed by atoms with Gasteiger partial charge in [0.05, 0.1) is 30.7 Å². The molecule has 7 nitrogen and oxygen atoms in total. The van der Waals surface area contributed by atoms with Gasteiger partial charge in [-0.25, -0.2) is 4.99 Å². The van der Waals surface area contributed by atoms with E-state index in [0.717, 1.165) is 49.7 Å². The number of carbonyl (C=O) groups is 1. The molecule has 1 aliphatic carbocycles. The highest BCUT2D eigenvalue weighted by Crippen LogP contribution is 2.37. The number of carbonyl (C=O) groups excluding carboxylic acids is 1. The molecule has 0 bridgehead atoms. The van der Waals surface area contributed by atoms with Crippen LogP contribution < -0.4 is 10.0 Å². The molecule has 0 saturated carbocycles. The third kappa shape index (κ3) is 21.6. The van der Waals surface area contributed by atoms with Crippen LogP contribution in [0.25, 0.3) is 5.57 Å². The van der Waals surface area contributed by atoms with Gasteiger partial charge < -0.3 is 10.0 Å². The highest BCUT2D eigenvalue weighted by molar-refractivity contribution is 6.40. The van der Waals surface area contributed by atoms with Crippen molar-refractivity contribution in [3.8, 4) is 0 Å². The van der Waals surface area contributed by atoms with Gasteiger partial charge in [0, 0.05) is 24.2 Å². The van der Waals surface area contributed by atoms with E-state index in [2.05, 4.69) is 54.1 Å². The Balaban J connectivity index is 1.51. The van der Waals surface area contributed by atoms with Crippen LogP contribution in [0.15, 0.2) is 39.3 Å². The lowest BCUT2D eigenvalue weighted by Crippen LogP contribution is -2.32. The van der Waals surface area contributed by atoms with Crippen molar-refractivity contribution >= 4 is 35.3 Å². The number of hydrogen-bond acceptors (Lipinski definition) is 5. The number of unbranched alkanes of at least 4 members (excludes halogenated alkanes) is 31. The number of ketones is 1. The first-order chi connectivity index (χ1) is 31.0. The zero-order chi connectivity index (χ0) is 45.2. The molecule has 0 atom stereocenters. The quantitative estimate of drug-likeness (QED) is 0.0374. The Morgan fingerprint density at radius 3 is 1.30 bits per heavy atom. The standard InChI is InChI=1S/C56H95N5O2/c1-6-10-13-16-19-22-25-26-27-28-31-32-35-38-41-60(9-4)52-47-58-50(45-59-52)54-55(62)53(56(54)63)49-44-48(5)51(46-57-49)61(42-39-36-33-29-23-20-17-14-11-7-2)43-40-37-34-30-24-21-18-15-12-8-3/h44-47H,6-43H2,1-5H3. The van der Waals surface area contributed by atoms with E-state index in [0.29, 0.717) is 11.4 Å². The molecule has 0 radical (unpaired) electrons. The Morgan fingerprint density at radius 2 is 0.937 bits per heavy atom. The molecule has 1 aliphatic heterocycles. The maximum absolute atomic E-state index is 13.5. The van der Waals surface area contributed by atoms with Gasteiger partial charge in [0.2, 0.25) is 0 Å². The first-order valence-electron chi connectivity index (χ1n) is 27.1. The summed E-state index contributed by atoms with van der Waals surface area (Å²) in [5.74, 6) is 0.251. The number of Topliss-reactive ketones (excluding diaryl/α,β-unsaturated/α-hetero) is 1. The number of allylic oxidation sites excluding steroid dienone is 3. The van der Waals surface area contributed by atoms with Crippen LogP contribution in [0.2, 0.25) is 0 Å². The Morgan fingerprint density at radius 1 is 0.524 bits per heavy atom. The minimum Gasteiger partial charge on any atom is -0.871 e. The van der Waals surface area contributed by atoms with Gasteiger partial charge in [0.25, 0.3) is 0 Å². The second kappa shape index (κ2) is 35.2. The molecule has 63 heavy (non-hydrogen) atoms. The van der Waals surface area contributed by atoms with Gasteiger partial charge in [-0.3, -0.25) is 14.4 Å². The fraction of sp³-hybridized carbons (Fsp3) is 0.768. The first-order valence-corrected chi connectivity index (χ1v) is 27.1. The first kappa shape index (κ1) is 54.2. The smallest absolute Gasteiger partial charge is 0.336 e. The maximum atomic E-state index is 13.5. The van der Waals surface area contributed by atoms with Gasteiger partial charge in [-0.15, -0.1) is 0 Å². The second-order valence-electron chi connectivity index (χ2n) is 19.1. The summed E-state index contributed by atoms with van der Waals surface area (Å²) < 4.78 is 2.24. The molecule has 3 rings (SSSR count). The van der Waals surface area contributed by atoms with Crippen LogP contribution in [-0.2, 0) is 4.79 Å². The van der Waals surface area contributed by atoms with Crippen LogP contribution in [0.1, 0.15) is 257 Å². The molecular weight excluding hydrogens is 775 g/mol. The van der Waals surface area contributed by atoms with Crippen molar-refractivity contribution < 1.29 is 14.5 Å². The number of rotatable bonds is 40. The molecule has 0 N–H and O–H groups in total. The zero-order valence-corrected chi connectivity index (χ0v) is 41.7. The molecule has 0 fully saturated rings. The molecule has 2 heterocycles. The molecule has 0 amide bonds. The van der Waals surface area contributed by atoms with E-state index in [4.69, 9.17) is 4.98 Å². The molecule has 2 aliphatic rings. The van der Waals surface area contributed by atoms with Gasteiger partial charge in [0.15, 0.2) is 12.0 Å². The number of aliphatic imine (C=N–C) groups is 2. The number of anilines is 1. The lowest BCUT2D eigenvalue weighted by Gasteiger charge is -2.31. The molecule has 0 saturated heterocycles. The van der Waals surface area contributed by atoms with Crippen LogP contribution in [0, 0.1) is 6.92 Å². The van der Waals surface area contributed by atoms with E-state index in [1.807, 2.05) is 12.3 Å². The molecule has 0 spiro atoms. The SMILES string of the molecule is CCCCCCCCCCCCCCCC[N+](CC)=C1C=N/C(=C2/C(=O)C(c3cc(C)c(N(CCCCCCCCCCCC)CCCCCCCCCCCC)cn3)=C2[O-])C=N1. The van der Waals surface area contributed by atoms with E-state index in [1.165, 1.54) is 212 Å². The van der Waals surface area contributed by atoms with Crippen molar-refractivity contribution in [1.82, 2.24) is 4.98 Å². The van der Waals surface area contributed by atoms with Crippen LogP contribution in [0.5, 0.6) is 0 Å². The summed E-state index contributed by atoms with van der Waals surface area (Å²) in [4.78, 5) is 30.1. The third-order valence-electron chi connectivity index (χ3n) is 13.5. The average Bonchev–Trinajstić information content (AvgIpc) is 3.29. The third-order valence-corrected chi connectivity index (χ3v) is 13.5. The fourth-order valence-electron chi connectivity index (χ4n) is 9.35. The minimum absolute atomic E-state index is 0.131. The topological polar surface area (TPSA) is 84.0 Å². The van der Waals surface area contributed by atoms with Gasteiger partial charge in [-0.1, -0.05) is 219 Å². The van der Waals surface area contributed by atoms with Gasteiger partial charge in [0.1, 0.15) is 11.9 Å². The van der Waals surface area contributed by atoms with Gasteiger partial charge in [-0.05, 0) is 56.2 Å². The summed E-state index contributed by atoms with van der Waals surface area (Å²) in [6.07, 6.45) is 50.7. The molecule has 0 unspecified atom stereocenters. The number of pyridine rings is 1. The predicted octanol–water partition coefficient (Wildman–Crippen LogP) is 15.0. The molecular formula is C56H95N5O2. The second-order valence-corrected chi connectivity index (χ2v) is 19.1. The van der Waals surface area contributed by atoms with Crippen molar-refractivity contribution in [1.29, 1.82) is 0 Å². The predicted molar refractivity (Wildman–Crippen MR) is 272 cm³/mol. The Hall–Kier alpha value is -3.09. The highest BCUT2D eigenvalue weighted by Gasteiger charge is 2.33. The number of aryl methyl sites for hydroxylation is 1. The van der Waals surface area contributed by atoms with Gasteiger partial charge in [-0.2, -0.15) is 0 Å². The molecule has 1 aromatic rings. The minimum atomic E-state index is -0.274. The lowest BCUT2D eigenvalue weighted by molar-refractivity contribution is -0.523. The number of hydrogen-bond donors (Lipinski definition) is 0. The maximum Gasteiger partial charge on any atom is 0.336 e. The van der Waals surface area contributed by atoms with E-state index in [1.54, 1.807) is 12.4 Å². The number of amidine groups is 1. The van der Waals surface area contributed by atoms with Gasteiger partial charge >= 0.3 is 5.84 Å². The Labute approximate surface area is 387 Å². The molecule has 1 aromatic heterocycles. The zero-order valence-electron chi connectivity index (χ0n) is 41.7. The number of aromatic nitrogens is 1. The van der Waals surface area contributed by atoms with Crippen molar-refractivity contribution in [2.75, 3.05) is 31.1 Å². The molecule has 356 valence electrons. The van der Waals surface area contributed by atoms with Crippen LogP contribution in [0.4, 0.5) is 5.69 Å². The summed E-state index contributed by atoms with van der Waals surface area (Å²) in [5, 5.41) is 13.5. The Kier molecular flexibility index (Phi) is 30.3. The molecule has 0 aromatic carbocycles. The van der Waals surface area contributed by atoms with Crippen LogP contribution in [0.3, 0.4) is 0 Å². The lowest BCUT2D eigenvalue weighted by atomic mass is 9.84. The van der Waals surface area contributed by atoms with Crippen molar-refractivity contribution in [3.05, 3.63) is 40.5 Å². The van der Waals surface area contributed by atoms with E-state index in [-0.39, 0.29) is 22.7 Å². The van der Waals surface area contributed by atoms with Crippen LogP contribution in [-0.4, -0.2) is 59.8 Å². The average molecular weight is 870 g/mol. The van der Waals surface area contributed by atoms with E-state index >= 15 is 0 Å². The summed E-state index contributed by atoms with van der Waals surface area (Å²) in [6.45, 7) is 14.9. The summed E-state index contributed by atoms with van der Waals surface area (Å²) in [5.41, 5.74) is 3.34. The van der Waals surface area contributed by atoms with E-state index in [9.17, 15) is 9.90 Å². The number of nitrogens with zero attached hydrogens (tertiary/aromatic N) is 5. The monoisotopic (exact) mass is 870 g/mol. The Bertz CT molecular complexity index is 1510. The fourth-order valence-corrected chi connectivity index (χ4v) is 9.35. The van der Waals surface area contributed by atoms with Crippen molar-refractivity contribution in [3.63, 3.8) is 0 Å². The normalized spacial score (nSPS) is 15.8.